The Morgan fingerprint density at radius 1 is 1.44 bits per heavy atom. The molecule has 1 amide bonds. The fourth-order valence-electron chi connectivity index (χ4n) is 1.39. The van der Waals surface area contributed by atoms with Crippen LogP contribution in [0.15, 0.2) is 29.3 Å². The molecule has 0 saturated carbocycles. The molecule has 0 heterocycles. The molecule has 86 valence electrons. The average molecular weight is 282 g/mol. The molecule has 0 bridgehead atoms. The molecule has 0 aliphatic heterocycles. The lowest BCUT2D eigenvalue weighted by Gasteiger charge is -2.06. The largest absolute Gasteiger partial charge is 0.369 e. The number of carbonyl (C=O) groups is 1. The molecule has 0 spiro atoms. The summed E-state index contributed by atoms with van der Waals surface area (Å²) in [5.41, 5.74) is 7.60. The summed E-state index contributed by atoms with van der Waals surface area (Å²) >= 11 is 3.24. The van der Waals surface area contributed by atoms with Crippen molar-refractivity contribution in [2.45, 2.75) is 19.8 Å². The first-order valence-corrected chi connectivity index (χ1v) is 6.20. The van der Waals surface area contributed by atoms with E-state index in [2.05, 4.69) is 40.2 Å². The SMILES string of the molecule is CC(CCc1ccc(C=CBr)cc1)C(N)=O. The van der Waals surface area contributed by atoms with E-state index in [1.54, 1.807) is 0 Å². The summed E-state index contributed by atoms with van der Waals surface area (Å²) in [6, 6.07) is 8.27. The molecule has 1 unspecified atom stereocenters. The summed E-state index contributed by atoms with van der Waals surface area (Å²) in [6.45, 7) is 1.87. The van der Waals surface area contributed by atoms with Gasteiger partial charge in [0, 0.05) is 5.92 Å². The van der Waals surface area contributed by atoms with Crippen molar-refractivity contribution in [2.24, 2.45) is 11.7 Å². The standard InChI is InChI=1S/C13H16BrNO/c1-10(13(15)16)2-3-11-4-6-12(7-5-11)8-9-14/h4-10H,2-3H2,1H3,(H2,15,16). The number of nitrogens with two attached hydrogens (primary N) is 1. The number of amides is 1. The smallest absolute Gasteiger partial charge is 0.220 e. The second kappa shape index (κ2) is 6.48. The molecule has 0 aliphatic carbocycles. The number of halogens is 1. The van der Waals surface area contributed by atoms with Crippen molar-refractivity contribution in [2.75, 3.05) is 0 Å². The van der Waals surface area contributed by atoms with Gasteiger partial charge in [-0.25, -0.2) is 0 Å². The Bertz CT molecular complexity index is 370. The van der Waals surface area contributed by atoms with Gasteiger partial charge in [0.05, 0.1) is 0 Å². The second-order valence-electron chi connectivity index (χ2n) is 3.88. The molecule has 0 radical (unpaired) electrons. The summed E-state index contributed by atoms with van der Waals surface area (Å²) in [5.74, 6) is -0.277. The zero-order valence-electron chi connectivity index (χ0n) is 9.32. The van der Waals surface area contributed by atoms with E-state index in [9.17, 15) is 4.79 Å². The number of primary amides is 1. The van der Waals surface area contributed by atoms with E-state index in [4.69, 9.17) is 5.73 Å². The Kier molecular flexibility index (Phi) is 5.26. The van der Waals surface area contributed by atoms with Gasteiger partial charge in [0.2, 0.25) is 5.91 Å². The fourth-order valence-corrected chi connectivity index (χ4v) is 1.70. The first-order valence-electron chi connectivity index (χ1n) is 5.28. The van der Waals surface area contributed by atoms with E-state index in [0.29, 0.717) is 0 Å². The molecule has 1 aromatic carbocycles. The lowest BCUT2D eigenvalue weighted by atomic mass is 10.00. The lowest BCUT2D eigenvalue weighted by molar-refractivity contribution is -0.121. The van der Waals surface area contributed by atoms with E-state index in [1.165, 1.54) is 5.56 Å². The van der Waals surface area contributed by atoms with E-state index < -0.39 is 0 Å². The van der Waals surface area contributed by atoms with Gasteiger partial charge >= 0.3 is 0 Å². The van der Waals surface area contributed by atoms with Crippen LogP contribution in [-0.4, -0.2) is 5.91 Å². The van der Waals surface area contributed by atoms with E-state index >= 15 is 0 Å². The predicted octanol–water partition coefficient (Wildman–Crippen LogP) is 3.11. The third-order valence-electron chi connectivity index (χ3n) is 2.59. The highest BCUT2D eigenvalue weighted by molar-refractivity contribution is 9.11. The van der Waals surface area contributed by atoms with Gasteiger partial charge in [0.15, 0.2) is 0 Å². The predicted molar refractivity (Wildman–Crippen MR) is 71.1 cm³/mol. The van der Waals surface area contributed by atoms with Crippen molar-refractivity contribution in [3.8, 4) is 0 Å². The van der Waals surface area contributed by atoms with Crippen molar-refractivity contribution in [3.63, 3.8) is 0 Å². The zero-order chi connectivity index (χ0) is 12.0. The van der Waals surface area contributed by atoms with Gasteiger partial charge in [-0.15, -0.1) is 0 Å². The molecule has 0 fully saturated rings. The zero-order valence-corrected chi connectivity index (χ0v) is 10.9. The minimum absolute atomic E-state index is 0.0536. The number of carbonyl (C=O) groups excluding carboxylic acids is 1. The first-order chi connectivity index (χ1) is 7.63. The molecule has 1 atom stereocenters. The van der Waals surface area contributed by atoms with E-state index in [1.807, 2.05) is 18.0 Å². The number of rotatable bonds is 5. The van der Waals surface area contributed by atoms with Gasteiger partial charge in [-0.2, -0.15) is 0 Å². The minimum atomic E-state index is -0.223. The molecule has 0 aromatic heterocycles. The summed E-state index contributed by atoms with van der Waals surface area (Å²) < 4.78 is 0. The summed E-state index contributed by atoms with van der Waals surface area (Å²) in [6.07, 6.45) is 3.68. The van der Waals surface area contributed by atoms with Crippen LogP contribution >= 0.6 is 15.9 Å². The quantitative estimate of drug-likeness (QED) is 0.886. The maximum absolute atomic E-state index is 10.9. The van der Waals surface area contributed by atoms with E-state index in [0.717, 1.165) is 18.4 Å². The van der Waals surface area contributed by atoms with Crippen molar-refractivity contribution < 1.29 is 4.79 Å². The number of aryl methyl sites for hydroxylation is 1. The van der Waals surface area contributed by atoms with Gasteiger partial charge in [-0.3, -0.25) is 4.79 Å². The number of hydrogen-bond acceptors (Lipinski definition) is 1. The fraction of sp³-hybridized carbons (Fsp3) is 0.308. The Morgan fingerprint density at radius 3 is 2.56 bits per heavy atom. The highest BCUT2D eigenvalue weighted by atomic mass is 79.9. The molecule has 2 nitrogen and oxygen atoms in total. The highest BCUT2D eigenvalue weighted by Gasteiger charge is 2.07. The summed E-state index contributed by atoms with van der Waals surface area (Å²) in [7, 11) is 0. The Balaban J connectivity index is 2.52. The maximum Gasteiger partial charge on any atom is 0.220 e. The molecule has 1 rings (SSSR count). The first kappa shape index (κ1) is 13.0. The molecule has 16 heavy (non-hydrogen) atoms. The van der Waals surface area contributed by atoms with Gasteiger partial charge in [0.25, 0.3) is 0 Å². The van der Waals surface area contributed by atoms with Crippen LogP contribution in [0.1, 0.15) is 24.5 Å². The van der Waals surface area contributed by atoms with Gasteiger partial charge in [-0.05, 0) is 35.0 Å². The van der Waals surface area contributed by atoms with Gasteiger partial charge < -0.3 is 5.73 Å². The molecule has 2 N–H and O–H groups in total. The van der Waals surface area contributed by atoms with Crippen LogP contribution in [0.5, 0.6) is 0 Å². The van der Waals surface area contributed by atoms with Crippen LogP contribution in [0.4, 0.5) is 0 Å². The van der Waals surface area contributed by atoms with Crippen molar-refractivity contribution in [1.82, 2.24) is 0 Å². The van der Waals surface area contributed by atoms with Crippen LogP contribution in [0.25, 0.3) is 6.08 Å². The molecule has 1 aromatic rings. The van der Waals surface area contributed by atoms with Gasteiger partial charge in [0.1, 0.15) is 0 Å². The summed E-state index contributed by atoms with van der Waals surface area (Å²) in [4.78, 5) is 12.7. The van der Waals surface area contributed by atoms with Crippen LogP contribution in [0, 0.1) is 5.92 Å². The monoisotopic (exact) mass is 281 g/mol. The average Bonchev–Trinajstić information content (AvgIpc) is 2.28. The van der Waals surface area contributed by atoms with Gasteiger partial charge in [-0.1, -0.05) is 47.1 Å². The maximum atomic E-state index is 10.9. The van der Waals surface area contributed by atoms with Crippen LogP contribution in [-0.2, 0) is 11.2 Å². The number of benzene rings is 1. The molecule has 0 saturated heterocycles. The third kappa shape index (κ3) is 4.19. The minimum Gasteiger partial charge on any atom is -0.369 e. The molecular formula is C13H16BrNO. The Morgan fingerprint density at radius 2 is 2.06 bits per heavy atom. The van der Waals surface area contributed by atoms with Crippen LogP contribution in [0.3, 0.4) is 0 Å². The Hall–Kier alpha value is -1.09. The molecule has 0 aliphatic rings. The lowest BCUT2D eigenvalue weighted by Crippen LogP contribution is -2.20. The molecule has 3 heteroatoms. The van der Waals surface area contributed by atoms with Crippen molar-refractivity contribution in [1.29, 1.82) is 0 Å². The topological polar surface area (TPSA) is 43.1 Å². The number of hydrogen-bond donors (Lipinski definition) is 1. The van der Waals surface area contributed by atoms with Crippen molar-refractivity contribution >= 4 is 27.9 Å². The van der Waals surface area contributed by atoms with E-state index in [-0.39, 0.29) is 11.8 Å². The normalized spacial score (nSPS) is 12.9. The molecular weight excluding hydrogens is 266 g/mol. The van der Waals surface area contributed by atoms with Crippen LogP contribution < -0.4 is 5.73 Å². The third-order valence-corrected chi connectivity index (χ3v) is 2.85. The summed E-state index contributed by atoms with van der Waals surface area (Å²) in [5, 5.41) is 0. The highest BCUT2D eigenvalue weighted by Crippen LogP contribution is 2.12. The Labute approximate surface area is 105 Å². The second-order valence-corrected chi connectivity index (χ2v) is 4.40. The van der Waals surface area contributed by atoms with Crippen molar-refractivity contribution in [3.05, 3.63) is 40.4 Å². The van der Waals surface area contributed by atoms with Crippen LogP contribution in [0.2, 0.25) is 0 Å².